The van der Waals surface area contributed by atoms with Crippen molar-refractivity contribution in [3.8, 4) is 0 Å². The quantitative estimate of drug-likeness (QED) is 0.730. The van der Waals surface area contributed by atoms with Crippen LogP contribution < -0.4 is 5.76 Å². The lowest BCUT2D eigenvalue weighted by Gasteiger charge is -2.31. The predicted molar refractivity (Wildman–Crippen MR) is 94.0 cm³/mol. The van der Waals surface area contributed by atoms with Gasteiger partial charge < -0.3 is 9.32 Å². The number of likely N-dealkylation sites (tertiary alicyclic amines) is 1. The Morgan fingerprint density at radius 3 is 2.69 bits per heavy atom. The largest absolute Gasteiger partial charge is 0.417 e. The minimum absolute atomic E-state index is 0.0178. The molecular formula is C19H17N3O4. The molecule has 3 aromatic rings. The highest BCUT2D eigenvalue weighted by atomic mass is 16.4. The van der Waals surface area contributed by atoms with Crippen LogP contribution in [0.2, 0.25) is 0 Å². The molecule has 1 fully saturated rings. The fraction of sp³-hybridized carbons (Fsp3) is 0.263. The maximum atomic E-state index is 12.8. The van der Waals surface area contributed by atoms with Crippen LogP contribution in [0.15, 0.2) is 51.9 Å². The molecule has 0 unspecified atom stereocenters. The fourth-order valence-electron chi connectivity index (χ4n) is 3.35. The number of ketones is 1. The molecule has 0 spiro atoms. The molecule has 0 saturated carbocycles. The zero-order valence-electron chi connectivity index (χ0n) is 14.0. The third kappa shape index (κ3) is 3.03. The van der Waals surface area contributed by atoms with Crippen LogP contribution in [0.3, 0.4) is 0 Å². The van der Waals surface area contributed by atoms with Gasteiger partial charge in [0.1, 0.15) is 0 Å². The average Bonchev–Trinajstić information content (AvgIpc) is 3.07. The molecule has 7 nitrogen and oxygen atoms in total. The summed E-state index contributed by atoms with van der Waals surface area (Å²) < 4.78 is 5.02. The van der Waals surface area contributed by atoms with Gasteiger partial charge in [-0.1, -0.05) is 0 Å². The van der Waals surface area contributed by atoms with E-state index in [0.717, 1.165) is 0 Å². The van der Waals surface area contributed by atoms with Crippen LogP contribution in [0.1, 0.15) is 33.6 Å². The molecule has 1 amide bonds. The molecule has 4 rings (SSSR count). The topological polar surface area (TPSA) is 96.3 Å². The van der Waals surface area contributed by atoms with Crippen molar-refractivity contribution in [2.45, 2.75) is 12.8 Å². The Morgan fingerprint density at radius 1 is 1.15 bits per heavy atom. The number of oxazole rings is 1. The van der Waals surface area contributed by atoms with Crippen LogP contribution in [0.4, 0.5) is 0 Å². The van der Waals surface area contributed by atoms with Crippen LogP contribution >= 0.6 is 0 Å². The molecule has 132 valence electrons. The Kier molecular flexibility index (Phi) is 4.12. The van der Waals surface area contributed by atoms with Crippen LogP contribution in [0.5, 0.6) is 0 Å². The Balaban J connectivity index is 1.44. The Hall–Kier alpha value is -3.22. The zero-order valence-corrected chi connectivity index (χ0v) is 14.0. The van der Waals surface area contributed by atoms with Crippen molar-refractivity contribution in [2.75, 3.05) is 13.1 Å². The average molecular weight is 351 g/mol. The van der Waals surface area contributed by atoms with Crippen molar-refractivity contribution in [3.63, 3.8) is 0 Å². The number of Topliss-reactive ketones (excluding diaryl/α,β-unsaturated/α-hetero) is 1. The highest BCUT2D eigenvalue weighted by Crippen LogP contribution is 2.24. The summed E-state index contributed by atoms with van der Waals surface area (Å²) >= 11 is 0. The van der Waals surface area contributed by atoms with Gasteiger partial charge in [-0.25, -0.2) is 4.79 Å². The van der Waals surface area contributed by atoms with Gasteiger partial charge in [0.15, 0.2) is 11.4 Å². The lowest BCUT2D eigenvalue weighted by atomic mass is 9.88. The number of pyridine rings is 1. The third-order valence-corrected chi connectivity index (χ3v) is 4.77. The van der Waals surface area contributed by atoms with Crippen LogP contribution in [-0.4, -0.2) is 39.6 Å². The van der Waals surface area contributed by atoms with Crippen molar-refractivity contribution in [2.24, 2.45) is 5.92 Å². The maximum Gasteiger partial charge on any atom is 0.417 e. The zero-order chi connectivity index (χ0) is 18.1. The van der Waals surface area contributed by atoms with E-state index in [1.165, 1.54) is 0 Å². The number of hydrogen-bond donors (Lipinski definition) is 1. The predicted octanol–water partition coefficient (Wildman–Crippen LogP) is 2.25. The van der Waals surface area contributed by atoms with Crippen LogP contribution in [0.25, 0.3) is 11.1 Å². The van der Waals surface area contributed by atoms with E-state index in [1.807, 2.05) is 0 Å². The summed E-state index contributed by atoms with van der Waals surface area (Å²) in [4.78, 5) is 44.7. The number of carbonyl (C=O) groups is 2. The van der Waals surface area contributed by atoms with Crippen molar-refractivity contribution in [3.05, 3.63) is 64.4 Å². The highest BCUT2D eigenvalue weighted by molar-refractivity contribution is 6.00. The second-order valence-corrected chi connectivity index (χ2v) is 6.40. The third-order valence-electron chi connectivity index (χ3n) is 4.77. The lowest BCUT2D eigenvalue weighted by Crippen LogP contribution is -2.40. The molecule has 26 heavy (non-hydrogen) atoms. The van der Waals surface area contributed by atoms with Gasteiger partial charge in [-0.3, -0.25) is 19.6 Å². The molecule has 1 N–H and O–H groups in total. The molecular weight excluding hydrogens is 334 g/mol. The van der Waals surface area contributed by atoms with Gasteiger partial charge >= 0.3 is 5.76 Å². The van der Waals surface area contributed by atoms with Crippen molar-refractivity contribution in [1.29, 1.82) is 0 Å². The number of fused-ring (bicyclic) bond motifs is 1. The highest BCUT2D eigenvalue weighted by Gasteiger charge is 2.28. The van der Waals surface area contributed by atoms with Gasteiger partial charge in [-0.2, -0.15) is 0 Å². The number of aromatic nitrogens is 2. The Bertz CT molecular complexity index is 1010. The van der Waals surface area contributed by atoms with E-state index in [0.29, 0.717) is 48.2 Å². The molecule has 1 aliphatic rings. The smallest absolute Gasteiger partial charge is 0.408 e. The minimum atomic E-state index is -0.535. The molecule has 0 aliphatic carbocycles. The second kappa shape index (κ2) is 6.59. The fourth-order valence-corrected chi connectivity index (χ4v) is 3.35. The van der Waals surface area contributed by atoms with Crippen molar-refractivity contribution in [1.82, 2.24) is 14.9 Å². The summed E-state index contributed by atoms with van der Waals surface area (Å²) in [6.45, 7) is 1.07. The normalized spacial score (nSPS) is 15.3. The van der Waals surface area contributed by atoms with E-state index >= 15 is 0 Å². The summed E-state index contributed by atoms with van der Waals surface area (Å²) in [5.74, 6) is -0.716. The SMILES string of the molecule is O=C(c1ccc2[nH]c(=O)oc2c1)C1CCN(C(=O)c2cccnc2)CC1. The maximum absolute atomic E-state index is 12.8. The number of rotatable bonds is 3. The number of H-pyrrole nitrogens is 1. The molecule has 7 heteroatoms. The lowest BCUT2D eigenvalue weighted by molar-refractivity contribution is 0.0650. The summed E-state index contributed by atoms with van der Waals surface area (Å²) in [6.07, 6.45) is 4.41. The molecule has 0 radical (unpaired) electrons. The second-order valence-electron chi connectivity index (χ2n) is 6.40. The summed E-state index contributed by atoms with van der Waals surface area (Å²) in [7, 11) is 0. The first-order valence-corrected chi connectivity index (χ1v) is 8.48. The van der Waals surface area contributed by atoms with Gasteiger partial charge in [-0.05, 0) is 43.2 Å². The molecule has 3 heterocycles. The number of amides is 1. The summed E-state index contributed by atoms with van der Waals surface area (Å²) in [5, 5.41) is 0. The molecule has 1 saturated heterocycles. The first-order chi connectivity index (χ1) is 12.6. The summed E-state index contributed by atoms with van der Waals surface area (Å²) in [5.41, 5.74) is 2.04. The van der Waals surface area contributed by atoms with Gasteiger partial charge in [0.05, 0.1) is 11.1 Å². The monoisotopic (exact) mass is 351 g/mol. The van der Waals surface area contributed by atoms with E-state index in [1.54, 1.807) is 47.6 Å². The first kappa shape index (κ1) is 16.3. The number of nitrogens with one attached hydrogen (secondary N) is 1. The van der Waals surface area contributed by atoms with E-state index in [4.69, 9.17) is 4.42 Å². The Labute approximate surface area is 148 Å². The summed E-state index contributed by atoms with van der Waals surface area (Å²) in [6, 6.07) is 8.45. The molecule has 0 atom stereocenters. The number of benzene rings is 1. The molecule has 1 aliphatic heterocycles. The van der Waals surface area contributed by atoms with E-state index in [2.05, 4.69) is 9.97 Å². The van der Waals surface area contributed by atoms with Gasteiger partial charge in [0, 0.05) is 37.0 Å². The van der Waals surface area contributed by atoms with Gasteiger partial charge in [0.25, 0.3) is 5.91 Å². The van der Waals surface area contributed by atoms with Crippen LogP contribution in [0, 0.1) is 5.92 Å². The Morgan fingerprint density at radius 2 is 1.96 bits per heavy atom. The van der Waals surface area contributed by atoms with Crippen molar-refractivity contribution >= 4 is 22.8 Å². The molecule has 2 aromatic heterocycles. The number of aromatic amines is 1. The van der Waals surface area contributed by atoms with Crippen molar-refractivity contribution < 1.29 is 14.0 Å². The van der Waals surface area contributed by atoms with E-state index < -0.39 is 5.76 Å². The van der Waals surface area contributed by atoms with E-state index in [9.17, 15) is 14.4 Å². The standard InChI is InChI=1S/C19H17N3O4/c23-17(13-3-4-15-16(10-13)26-19(25)21-15)12-5-8-22(9-6-12)18(24)14-2-1-7-20-11-14/h1-4,7,10-12H,5-6,8-9H2,(H,21,25). The van der Waals surface area contributed by atoms with Crippen LogP contribution in [-0.2, 0) is 0 Å². The number of piperidine rings is 1. The number of carbonyl (C=O) groups excluding carboxylic acids is 2. The molecule has 1 aromatic carbocycles. The number of hydrogen-bond acceptors (Lipinski definition) is 5. The number of nitrogens with zero attached hydrogens (tertiary/aromatic N) is 2. The van der Waals surface area contributed by atoms with Gasteiger partial charge in [0.2, 0.25) is 0 Å². The molecule has 0 bridgehead atoms. The minimum Gasteiger partial charge on any atom is -0.408 e. The van der Waals surface area contributed by atoms with Gasteiger partial charge in [-0.15, -0.1) is 0 Å². The van der Waals surface area contributed by atoms with E-state index in [-0.39, 0.29) is 17.6 Å². The first-order valence-electron chi connectivity index (χ1n) is 8.48.